The van der Waals surface area contributed by atoms with E-state index in [1.807, 2.05) is 25.1 Å². The molecule has 2 amide bonds. The largest absolute Gasteiger partial charge is 0.337 e. The number of urea groups is 1. The van der Waals surface area contributed by atoms with Crippen LogP contribution in [-0.4, -0.2) is 21.0 Å². The fourth-order valence-electron chi connectivity index (χ4n) is 3.04. The van der Waals surface area contributed by atoms with Gasteiger partial charge in [0.05, 0.1) is 10.9 Å². The van der Waals surface area contributed by atoms with Crippen LogP contribution in [0.5, 0.6) is 0 Å². The summed E-state index contributed by atoms with van der Waals surface area (Å²) in [7, 11) is -3.71. The summed E-state index contributed by atoms with van der Waals surface area (Å²) in [5, 5.41) is 10.9. The number of hydrogen-bond acceptors (Lipinski definition) is 3. The summed E-state index contributed by atoms with van der Waals surface area (Å²) >= 11 is 0. The van der Waals surface area contributed by atoms with Crippen molar-refractivity contribution < 1.29 is 13.2 Å². The van der Waals surface area contributed by atoms with E-state index in [-0.39, 0.29) is 22.4 Å². The zero-order valence-corrected chi connectivity index (χ0v) is 15.4. The smallest absolute Gasteiger partial charge is 0.315 e. The molecule has 1 atom stereocenters. The monoisotopic (exact) mass is 373 g/mol. The Hall–Kier alpha value is -2.38. The number of primary sulfonamides is 1. The molecule has 0 spiro atoms. The molecule has 1 saturated carbocycles. The maximum atomic E-state index is 12.2. The first-order valence-corrected chi connectivity index (χ1v) is 10.1. The first kappa shape index (κ1) is 18.4. The van der Waals surface area contributed by atoms with Crippen molar-refractivity contribution in [3.63, 3.8) is 0 Å². The van der Waals surface area contributed by atoms with Gasteiger partial charge in [0, 0.05) is 12.0 Å². The second-order valence-electron chi connectivity index (χ2n) is 6.81. The highest BCUT2D eigenvalue weighted by molar-refractivity contribution is 7.89. The minimum absolute atomic E-state index is 0.0523. The van der Waals surface area contributed by atoms with E-state index in [4.69, 9.17) is 5.14 Å². The molecule has 1 unspecified atom stereocenters. The van der Waals surface area contributed by atoms with E-state index < -0.39 is 10.0 Å². The summed E-state index contributed by atoms with van der Waals surface area (Å²) < 4.78 is 22.6. The third-order valence-corrected chi connectivity index (χ3v) is 5.81. The van der Waals surface area contributed by atoms with Crippen molar-refractivity contribution in [2.24, 2.45) is 5.14 Å². The van der Waals surface area contributed by atoms with Gasteiger partial charge in [-0.15, -0.1) is 0 Å². The lowest BCUT2D eigenvalue weighted by Gasteiger charge is -2.19. The number of rotatable bonds is 6. The van der Waals surface area contributed by atoms with Gasteiger partial charge in [-0.1, -0.05) is 42.5 Å². The average Bonchev–Trinajstić information content (AvgIpc) is 3.41. The van der Waals surface area contributed by atoms with Gasteiger partial charge in [-0.3, -0.25) is 0 Å². The molecule has 0 bridgehead atoms. The highest BCUT2D eigenvalue weighted by Crippen LogP contribution is 2.47. The van der Waals surface area contributed by atoms with Crippen LogP contribution in [0.3, 0.4) is 0 Å². The lowest BCUT2D eigenvalue weighted by molar-refractivity contribution is 0.237. The molecule has 0 aliphatic heterocycles. The Kier molecular flexibility index (Phi) is 5.02. The van der Waals surface area contributed by atoms with Crippen molar-refractivity contribution >= 4 is 16.1 Å². The topological polar surface area (TPSA) is 101 Å². The Morgan fingerprint density at radius 3 is 2.27 bits per heavy atom. The average molecular weight is 373 g/mol. The van der Waals surface area contributed by atoms with Crippen molar-refractivity contribution in [2.45, 2.75) is 36.1 Å². The Balaban J connectivity index is 1.55. The van der Waals surface area contributed by atoms with Crippen molar-refractivity contribution in [3.8, 4) is 0 Å². The van der Waals surface area contributed by atoms with Gasteiger partial charge < -0.3 is 10.6 Å². The highest BCUT2D eigenvalue weighted by atomic mass is 32.2. The summed E-state index contributed by atoms with van der Waals surface area (Å²) in [6.45, 7) is 2.44. The summed E-state index contributed by atoms with van der Waals surface area (Å²) in [5.41, 5.74) is 2.11. The zero-order chi connectivity index (χ0) is 18.8. The molecule has 3 rings (SSSR count). The minimum Gasteiger partial charge on any atom is -0.337 e. The van der Waals surface area contributed by atoms with Crippen molar-refractivity contribution in [1.82, 2.24) is 10.6 Å². The first-order chi connectivity index (χ1) is 12.3. The van der Waals surface area contributed by atoms with Crippen LogP contribution in [-0.2, 0) is 15.4 Å². The van der Waals surface area contributed by atoms with E-state index >= 15 is 0 Å². The quantitative estimate of drug-likeness (QED) is 0.725. The number of benzene rings is 2. The molecule has 0 radical (unpaired) electrons. The molecule has 1 fully saturated rings. The van der Waals surface area contributed by atoms with E-state index in [1.54, 1.807) is 12.1 Å². The van der Waals surface area contributed by atoms with Crippen molar-refractivity contribution in [2.75, 3.05) is 6.54 Å². The number of hydrogen-bond donors (Lipinski definition) is 3. The fourth-order valence-corrected chi connectivity index (χ4v) is 3.55. The predicted molar refractivity (Wildman–Crippen MR) is 100 cm³/mol. The Labute approximate surface area is 153 Å². The molecule has 0 heterocycles. The third kappa shape index (κ3) is 4.23. The SMILES string of the molecule is CC(NC(=O)NCC1(c2ccccc2)CC1)c1ccc(S(N)(=O)=O)cc1. The van der Waals surface area contributed by atoms with E-state index in [0.717, 1.165) is 18.4 Å². The summed E-state index contributed by atoms with van der Waals surface area (Å²) in [6, 6.07) is 15.9. The Morgan fingerprint density at radius 1 is 1.12 bits per heavy atom. The normalized spacial score (nSPS) is 16.5. The van der Waals surface area contributed by atoms with Crippen LogP contribution in [0.1, 0.15) is 36.9 Å². The molecule has 6 nitrogen and oxygen atoms in total. The van der Waals surface area contributed by atoms with E-state index in [0.29, 0.717) is 6.54 Å². The van der Waals surface area contributed by atoms with Crippen LogP contribution >= 0.6 is 0 Å². The fraction of sp³-hybridized carbons (Fsp3) is 0.316. The molecule has 26 heavy (non-hydrogen) atoms. The molecule has 138 valence electrons. The van der Waals surface area contributed by atoms with Gasteiger partial charge in [-0.2, -0.15) is 0 Å². The molecule has 1 aliphatic rings. The Bertz CT molecular complexity index is 876. The number of sulfonamides is 1. The predicted octanol–water partition coefficient (Wildman–Crippen LogP) is 2.43. The maximum absolute atomic E-state index is 12.2. The highest BCUT2D eigenvalue weighted by Gasteiger charge is 2.44. The zero-order valence-electron chi connectivity index (χ0n) is 14.6. The van der Waals surface area contributed by atoms with Crippen molar-refractivity contribution in [3.05, 3.63) is 65.7 Å². The summed E-state index contributed by atoms with van der Waals surface area (Å²) in [5.74, 6) is 0. The summed E-state index contributed by atoms with van der Waals surface area (Å²) in [6.07, 6.45) is 2.14. The van der Waals surface area contributed by atoms with Crippen LogP contribution in [0.4, 0.5) is 4.79 Å². The lowest BCUT2D eigenvalue weighted by atomic mass is 9.96. The van der Waals surface area contributed by atoms with Crippen LogP contribution in [0.2, 0.25) is 0 Å². The van der Waals surface area contributed by atoms with Gasteiger partial charge in [0.2, 0.25) is 10.0 Å². The lowest BCUT2D eigenvalue weighted by Crippen LogP contribution is -2.40. The van der Waals surface area contributed by atoms with Gasteiger partial charge in [0.25, 0.3) is 0 Å². The maximum Gasteiger partial charge on any atom is 0.315 e. The number of nitrogens with two attached hydrogens (primary N) is 1. The molecule has 1 aliphatic carbocycles. The standard InChI is InChI=1S/C19H23N3O3S/c1-14(15-7-9-17(10-8-15)26(20,24)25)22-18(23)21-13-19(11-12-19)16-5-3-2-4-6-16/h2-10,14H,11-13H2,1H3,(H2,20,24,25)(H2,21,22,23). The first-order valence-electron chi connectivity index (χ1n) is 8.53. The van der Waals surface area contributed by atoms with Crippen LogP contribution in [0, 0.1) is 0 Å². The van der Waals surface area contributed by atoms with E-state index in [1.165, 1.54) is 17.7 Å². The van der Waals surface area contributed by atoms with E-state index in [9.17, 15) is 13.2 Å². The second-order valence-corrected chi connectivity index (χ2v) is 8.37. The van der Waals surface area contributed by atoms with E-state index in [2.05, 4.69) is 22.8 Å². The molecule has 0 aromatic heterocycles. The third-order valence-electron chi connectivity index (χ3n) is 4.88. The molecule has 2 aromatic carbocycles. The van der Waals surface area contributed by atoms with Crippen LogP contribution in [0.25, 0.3) is 0 Å². The molecule has 7 heteroatoms. The Morgan fingerprint density at radius 2 is 1.73 bits per heavy atom. The number of nitrogens with one attached hydrogen (secondary N) is 2. The van der Waals surface area contributed by atoms with Gasteiger partial charge in [-0.05, 0) is 43.0 Å². The number of amides is 2. The van der Waals surface area contributed by atoms with Crippen LogP contribution < -0.4 is 15.8 Å². The molecule has 0 saturated heterocycles. The summed E-state index contributed by atoms with van der Waals surface area (Å²) in [4.78, 5) is 12.3. The van der Waals surface area contributed by atoms with Gasteiger partial charge in [0.1, 0.15) is 0 Å². The van der Waals surface area contributed by atoms with Gasteiger partial charge in [-0.25, -0.2) is 18.4 Å². The molecular weight excluding hydrogens is 350 g/mol. The van der Waals surface area contributed by atoms with Gasteiger partial charge in [0.15, 0.2) is 0 Å². The molecule has 4 N–H and O–H groups in total. The number of carbonyl (C=O) groups excluding carboxylic acids is 1. The molecular formula is C19H23N3O3S. The van der Waals surface area contributed by atoms with Gasteiger partial charge >= 0.3 is 6.03 Å². The molecule has 2 aromatic rings. The number of carbonyl (C=O) groups is 1. The van der Waals surface area contributed by atoms with Crippen LogP contribution in [0.15, 0.2) is 59.5 Å². The minimum atomic E-state index is -3.71. The second kappa shape index (κ2) is 7.09. The van der Waals surface area contributed by atoms with Crippen molar-refractivity contribution in [1.29, 1.82) is 0 Å².